The van der Waals surface area contributed by atoms with E-state index in [4.69, 9.17) is 4.74 Å². The number of carbonyl (C=O) groups is 3. The summed E-state index contributed by atoms with van der Waals surface area (Å²) in [6.45, 7) is 4.93. The van der Waals surface area contributed by atoms with E-state index < -0.39 is 5.41 Å². The molecule has 24 heavy (non-hydrogen) atoms. The SMILES string of the molecule is CCN(CC)C(=O)C[C@]1(c2cccc(OC)c2)CC(=O)N(C)C1=O. The minimum absolute atomic E-state index is 0.00249. The van der Waals surface area contributed by atoms with Crippen molar-refractivity contribution in [3.8, 4) is 5.75 Å². The van der Waals surface area contributed by atoms with Crippen LogP contribution in [0, 0.1) is 0 Å². The van der Waals surface area contributed by atoms with Crippen molar-refractivity contribution in [1.82, 2.24) is 9.80 Å². The fourth-order valence-corrected chi connectivity index (χ4v) is 3.22. The minimum atomic E-state index is -1.15. The van der Waals surface area contributed by atoms with Gasteiger partial charge in [-0.2, -0.15) is 0 Å². The van der Waals surface area contributed by atoms with Crippen molar-refractivity contribution in [2.24, 2.45) is 0 Å². The molecule has 1 saturated heterocycles. The van der Waals surface area contributed by atoms with Gasteiger partial charge in [-0.3, -0.25) is 19.3 Å². The topological polar surface area (TPSA) is 66.9 Å². The molecule has 1 aliphatic rings. The number of likely N-dealkylation sites (tertiary alicyclic amines) is 1. The minimum Gasteiger partial charge on any atom is -0.497 e. The van der Waals surface area contributed by atoms with Crippen molar-refractivity contribution in [2.75, 3.05) is 27.2 Å². The molecule has 3 amide bonds. The molecular weight excluding hydrogens is 308 g/mol. The van der Waals surface area contributed by atoms with Gasteiger partial charge in [-0.05, 0) is 31.5 Å². The summed E-state index contributed by atoms with van der Waals surface area (Å²) in [5, 5.41) is 0. The molecule has 0 unspecified atom stereocenters. The van der Waals surface area contributed by atoms with Gasteiger partial charge in [0.15, 0.2) is 0 Å². The van der Waals surface area contributed by atoms with Gasteiger partial charge in [0, 0.05) is 33.0 Å². The number of amides is 3. The third-order valence-electron chi connectivity index (χ3n) is 4.73. The molecule has 6 heteroatoms. The van der Waals surface area contributed by atoms with Crippen molar-refractivity contribution in [3.63, 3.8) is 0 Å². The summed E-state index contributed by atoms with van der Waals surface area (Å²) in [5.41, 5.74) is -0.509. The van der Waals surface area contributed by atoms with E-state index in [0.717, 1.165) is 4.90 Å². The predicted molar refractivity (Wildman–Crippen MR) is 89.6 cm³/mol. The normalized spacial score (nSPS) is 20.4. The number of likely N-dealkylation sites (N-methyl/N-ethyl adjacent to an activating group) is 1. The lowest BCUT2D eigenvalue weighted by Gasteiger charge is -2.29. The molecule has 130 valence electrons. The number of methoxy groups -OCH3 is 1. The Balaban J connectivity index is 2.49. The summed E-state index contributed by atoms with van der Waals surface area (Å²) in [6.07, 6.45) is -0.0146. The summed E-state index contributed by atoms with van der Waals surface area (Å²) >= 11 is 0. The fraction of sp³-hybridized carbons (Fsp3) is 0.500. The molecule has 0 N–H and O–H groups in total. The van der Waals surface area contributed by atoms with Crippen molar-refractivity contribution in [3.05, 3.63) is 29.8 Å². The molecule has 6 nitrogen and oxygen atoms in total. The van der Waals surface area contributed by atoms with Crippen LogP contribution in [0.5, 0.6) is 5.75 Å². The lowest BCUT2D eigenvalue weighted by molar-refractivity contribution is -0.141. The van der Waals surface area contributed by atoms with Crippen LogP contribution in [0.4, 0.5) is 0 Å². The van der Waals surface area contributed by atoms with E-state index in [0.29, 0.717) is 24.4 Å². The van der Waals surface area contributed by atoms with Crippen molar-refractivity contribution in [1.29, 1.82) is 0 Å². The fourth-order valence-electron chi connectivity index (χ4n) is 3.22. The van der Waals surface area contributed by atoms with E-state index in [1.165, 1.54) is 7.05 Å². The Morgan fingerprint density at radius 1 is 1.29 bits per heavy atom. The maximum absolute atomic E-state index is 12.9. The van der Waals surface area contributed by atoms with Gasteiger partial charge in [-0.25, -0.2) is 0 Å². The maximum atomic E-state index is 12.9. The summed E-state index contributed by atoms with van der Waals surface area (Å²) in [7, 11) is 3.01. The second-order valence-corrected chi connectivity index (χ2v) is 5.99. The van der Waals surface area contributed by atoms with Gasteiger partial charge >= 0.3 is 0 Å². The number of hydrogen-bond acceptors (Lipinski definition) is 4. The standard InChI is InChI=1S/C18H24N2O4/c1-5-20(6-2)16(22)12-18(11-15(21)19(3)17(18)23)13-8-7-9-14(10-13)24-4/h7-10H,5-6,11-12H2,1-4H3/t18-/m0/s1. The van der Waals surface area contributed by atoms with Crippen LogP contribution < -0.4 is 4.74 Å². The highest BCUT2D eigenvalue weighted by Crippen LogP contribution is 2.40. The lowest BCUT2D eigenvalue weighted by Crippen LogP contribution is -2.42. The Labute approximate surface area is 142 Å². The van der Waals surface area contributed by atoms with Crippen LogP contribution in [0.3, 0.4) is 0 Å². The zero-order chi connectivity index (χ0) is 17.9. The first-order chi connectivity index (χ1) is 11.4. The Bertz CT molecular complexity index is 654. The van der Waals surface area contributed by atoms with Gasteiger partial charge < -0.3 is 9.64 Å². The number of imide groups is 1. The first kappa shape index (κ1) is 18.0. The van der Waals surface area contributed by atoms with E-state index in [1.54, 1.807) is 36.3 Å². The number of nitrogens with zero attached hydrogens (tertiary/aromatic N) is 2. The molecule has 1 aromatic carbocycles. The Kier molecular flexibility index (Phi) is 5.26. The number of ether oxygens (including phenoxy) is 1. The molecule has 0 bridgehead atoms. The van der Waals surface area contributed by atoms with Gasteiger partial charge in [0.2, 0.25) is 17.7 Å². The van der Waals surface area contributed by atoms with Gasteiger partial charge in [-0.15, -0.1) is 0 Å². The van der Waals surface area contributed by atoms with Crippen molar-refractivity contribution >= 4 is 17.7 Å². The third kappa shape index (κ3) is 3.00. The molecular formula is C18H24N2O4. The quantitative estimate of drug-likeness (QED) is 0.742. The monoisotopic (exact) mass is 332 g/mol. The van der Waals surface area contributed by atoms with Crippen LogP contribution in [0.25, 0.3) is 0 Å². The number of benzene rings is 1. The van der Waals surface area contributed by atoms with E-state index in [9.17, 15) is 14.4 Å². The summed E-state index contributed by atoms with van der Waals surface area (Å²) in [5.74, 6) is -0.132. The van der Waals surface area contributed by atoms with Gasteiger partial charge in [0.05, 0.1) is 12.5 Å². The van der Waals surface area contributed by atoms with Crippen molar-refractivity contribution < 1.29 is 19.1 Å². The van der Waals surface area contributed by atoms with Gasteiger partial charge in [-0.1, -0.05) is 12.1 Å². The highest BCUT2D eigenvalue weighted by atomic mass is 16.5. The van der Waals surface area contributed by atoms with E-state index >= 15 is 0 Å². The Morgan fingerprint density at radius 3 is 2.46 bits per heavy atom. The van der Waals surface area contributed by atoms with E-state index in [1.807, 2.05) is 13.8 Å². The van der Waals surface area contributed by atoms with E-state index in [-0.39, 0.29) is 30.6 Å². The second-order valence-electron chi connectivity index (χ2n) is 5.99. The lowest BCUT2D eigenvalue weighted by atomic mass is 9.75. The van der Waals surface area contributed by atoms with Crippen LogP contribution >= 0.6 is 0 Å². The Hall–Kier alpha value is -2.37. The predicted octanol–water partition coefficient (Wildman–Crippen LogP) is 1.58. The van der Waals surface area contributed by atoms with Crippen LogP contribution in [0.1, 0.15) is 32.3 Å². The average molecular weight is 332 g/mol. The summed E-state index contributed by atoms with van der Waals surface area (Å²) in [4.78, 5) is 40.5. The molecule has 1 aliphatic heterocycles. The largest absolute Gasteiger partial charge is 0.497 e. The zero-order valence-corrected chi connectivity index (χ0v) is 14.7. The van der Waals surface area contributed by atoms with Crippen molar-refractivity contribution in [2.45, 2.75) is 32.1 Å². The molecule has 1 fully saturated rings. The first-order valence-corrected chi connectivity index (χ1v) is 8.13. The summed E-state index contributed by atoms with van der Waals surface area (Å²) < 4.78 is 5.24. The molecule has 1 heterocycles. The molecule has 0 aliphatic carbocycles. The number of carbonyl (C=O) groups excluding carboxylic acids is 3. The van der Waals surface area contributed by atoms with E-state index in [2.05, 4.69) is 0 Å². The first-order valence-electron chi connectivity index (χ1n) is 8.13. The zero-order valence-electron chi connectivity index (χ0n) is 14.7. The summed E-state index contributed by atoms with van der Waals surface area (Å²) in [6, 6.07) is 7.06. The number of hydrogen-bond donors (Lipinski definition) is 0. The van der Waals surface area contributed by atoms with Gasteiger partial charge in [0.1, 0.15) is 5.75 Å². The highest BCUT2D eigenvalue weighted by Gasteiger charge is 2.52. The molecule has 0 saturated carbocycles. The molecule has 1 aromatic rings. The van der Waals surface area contributed by atoms with Gasteiger partial charge in [0.25, 0.3) is 0 Å². The molecule has 0 spiro atoms. The maximum Gasteiger partial charge on any atom is 0.240 e. The van der Waals surface area contributed by atoms with Crippen LogP contribution in [0.2, 0.25) is 0 Å². The smallest absolute Gasteiger partial charge is 0.240 e. The molecule has 0 aromatic heterocycles. The van der Waals surface area contributed by atoms with Crippen LogP contribution in [0.15, 0.2) is 24.3 Å². The van der Waals surface area contributed by atoms with Crippen LogP contribution in [-0.2, 0) is 19.8 Å². The molecule has 1 atom stereocenters. The Morgan fingerprint density at radius 2 is 1.96 bits per heavy atom. The number of rotatable bonds is 6. The van der Waals surface area contributed by atoms with Crippen LogP contribution in [-0.4, -0.2) is 54.8 Å². The second kappa shape index (κ2) is 7.03. The molecule has 2 rings (SSSR count). The third-order valence-corrected chi connectivity index (χ3v) is 4.73. The average Bonchev–Trinajstić information content (AvgIpc) is 2.81. The highest BCUT2D eigenvalue weighted by molar-refractivity contribution is 6.10. The molecule has 0 radical (unpaired) electrons.